The van der Waals surface area contributed by atoms with Crippen LogP contribution in [-0.4, -0.2) is 15.6 Å². The monoisotopic (exact) mass is 220 g/mol. The fourth-order valence-electron chi connectivity index (χ4n) is 1.98. The molecule has 0 aromatic carbocycles. The van der Waals surface area contributed by atoms with Gasteiger partial charge in [0.15, 0.2) is 5.78 Å². The van der Waals surface area contributed by atoms with E-state index in [4.69, 9.17) is 0 Å². The maximum atomic E-state index is 12.0. The second-order valence-corrected chi connectivity index (χ2v) is 4.60. The van der Waals surface area contributed by atoms with Gasteiger partial charge in [-0.2, -0.15) is 5.10 Å². The molecule has 1 aliphatic rings. The molecule has 3 nitrogen and oxygen atoms in total. The Labute approximate surface area is 96.8 Å². The lowest BCUT2D eigenvalue weighted by Crippen LogP contribution is -2.09. The van der Waals surface area contributed by atoms with Crippen LogP contribution >= 0.6 is 0 Å². The maximum absolute atomic E-state index is 12.0. The fourth-order valence-corrected chi connectivity index (χ4v) is 1.98. The third-order valence-electron chi connectivity index (χ3n) is 3.25. The van der Waals surface area contributed by atoms with Gasteiger partial charge in [0.05, 0.1) is 5.69 Å². The van der Waals surface area contributed by atoms with E-state index in [-0.39, 0.29) is 5.78 Å². The Kier molecular flexibility index (Phi) is 3.42. The minimum Gasteiger partial charge on any atom is -0.292 e. The number of hydrogen-bond donors (Lipinski definition) is 0. The van der Waals surface area contributed by atoms with Crippen LogP contribution in [0.4, 0.5) is 0 Å². The largest absolute Gasteiger partial charge is 0.292 e. The second kappa shape index (κ2) is 4.81. The highest BCUT2D eigenvalue weighted by Crippen LogP contribution is 2.33. The molecule has 0 N–H and O–H groups in total. The van der Waals surface area contributed by atoms with E-state index >= 15 is 0 Å². The molecule has 1 aromatic rings. The van der Waals surface area contributed by atoms with E-state index in [1.807, 2.05) is 17.7 Å². The molecule has 1 aliphatic carbocycles. The molecule has 0 amide bonds. The molecule has 0 spiro atoms. The lowest BCUT2D eigenvalue weighted by molar-refractivity contribution is 0.0967. The van der Waals surface area contributed by atoms with Crippen LogP contribution in [0.5, 0.6) is 0 Å². The van der Waals surface area contributed by atoms with Crippen LogP contribution < -0.4 is 0 Å². The van der Waals surface area contributed by atoms with Gasteiger partial charge in [-0.15, -0.1) is 0 Å². The van der Waals surface area contributed by atoms with Crippen molar-refractivity contribution in [2.75, 3.05) is 0 Å². The molecule has 0 bridgehead atoms. The molecule has 0 saturated heterocycles. The Hall–Kier alpha value is -1.12. The summed E-state index contributed by atoms with van der Waals surface area (Å²) in [5, 5.41) is 4.41. The van der Waals surface area contributed by atoms with Crippen LogP contribution in [0.2, 0.25) is 0 Å². The zero-order valence-electron chi connectivity index (χ0n) is 10.2. The number of hydrogen-bond acceptors (Lipinski definition) is 2. The van der Waals surface area contributed by atoms with Crippen molar-refractivity contribution in [1.29, 1.82) is 0 Å². The number of rotatable bonds is 6. The van der Waals surface area contributed by atoms with Crippen molar-refractivity contribution < 1.29 is 4.79 Å². The molecule has 0 unspecified atom stereocenters. The molecular weight excluding hydrogens is 200 g/mol. The van der Waals surface area contributed by atoms with Crippen LogP contribution in [0.3, 0.4) is 0 Å². The molecule has 0 radical (unpaired) electrons. The maximum Gasteiger partial charge on any atom is 0.180 e. The fraction of sp³-hybridized carbons (Fsp3) is 0.692. The van der Waals surface area contributed by atoms with Crippen LogP contribution in [0.25, 0.3) is 0 Å². The molecule has 0 atom stereocenters. The van der Waals surface area contributed by atoms with E-state index in [0.29, 0.717) is 6.42 Å². The molecule has 1 aromatic heterocycles. The van der Waals surface area contributed by atoms with Crippen LogP contribution in [0, 0.1) is 5.92 Å². The third-order valence-corrected chi connectivity index (χ3v) is 3.25. The summed E-state index contributed by atoms with van der Waals surface area (Å²) in [7, 11) is 0. The molecule has 0 aliphatic heterocycles. The summed E-state index contributed by atoms with van der Waals surface area (Å²) in [6.07, 6.45) is 5.30. The zero-order valence-corrected chi connectivity index (χ0v) is 10.2. The number of nitrogens with zero attached hydrogens (tertiary/aromatic N) is 2. The lowest BCUT2D eigenvalue weighted by Gasteiger charge is -2.02. The second-order valence-electron chi connectivity index (χ2n) is 4.60. The SMILES string of the molecule is CCc1cc(C(=O)CCC2CC2)n(CC)n1. The first-order valence-electron chi connectivity index (χ1n) is 6.34. The van der Waals surface area contributed by atoms with Gasteiger partial charge in [-0.3, -0.25) is 9.48 Å². The topological polar surface area (TPSA) is 34.9 Å². The van der Waals surface area contributed by atoms with E-state index in [0.717, 1.165) is 36.7 Å². The van der Waals surface area contributed by atoms with E-state index < -0.39 is 0 Å². The van der Waals surface area contributed by atoms with Crippen molar-refractivity contribution >= 4 is 5.78 Å². The summed E-state index contributed by atoms with van der Waals surface area (Å²) in [6.45, 7) is 4.88. The molecule has 1 heterocycles. The smallest absolute Gasteiger partial charge is 0.180 e. The van der Waals surface area contributed by atoms with E-state index in [9.17, 15) is 4.79 Å². The standard InChI is InChI=1S/C13H20N2O/c1-3-11-9-12(15(4-2)14-11)13(16)8-7-10-5-6-10/h9-10H,3-8H2,1-2H3. The van der Waals surface area contributed by atoms with Crippen LogP contribution in [0.15, 0.2) is 6.07 Å². The Morgan fingerprint density at radius 2 is 2.25 bits per heavy atom. The molecule has 2 rings (SSSR count). The van der Waals surface area contributed by atoms with E-state index in [1.165, 1.54) is 12.8 Å². The predicted octanol–water partition coefficient (Wildman–Crippen LogP) is 2.84. The summed E-state index contributed by atoms with van der Waals surface area (Å²) in [4.78, 5) is 12.0. The van der Waals surface area contributed by atoms with E-state index in [1.54, 1.807) is 0 Å². The van der Waals surface area contributed by atoms with Crippen LogP contribution in [0.1, 0.15) is 55.7 Å². The van der Waals surface area contributed by atoms with Gasteiger partial charge in [0.2, 0.25) is 0 Å². The van der Waals surface area contributed by atoms with Crippen molar-refractivity contribution in [3.05, 3.63) is 17.5 Å². The summed E-state index contributed by atoms with van der Waals surface area (Å²) >= 11 is 0. The van der Waals surface area contributed by atoms with Gasteiger partial charge in [-0.1, -0.05) is 19.8 Å². The highest BCUT2D eigenvalue weighted by Gasteiger charge is 2.23. The number of aryl methyl sites for hydroxylation is 2. The summed E-state index contributed by atoms with van der Waals surface area (Å²) in [5.41, 5.74) is 1.83. The van der Waals surface area contributed by atoms with Gasteiger partial charge in [0.1, 0.15) is 5.69 Å². The molecule has 16 heavy (non-hydrogen) atoms. The van der Waals surface area contributed by atoms with Crippen LogP contribution in [-0.2, 0) is 13.0 Å². The Morgan fingerprint density at radius 1 is 1.50 bits per heavy atom. The van der Waals surface area contributed by atoms with Crippen molar-refractivity contribution in [3.8, 4) is 0 Å². The zero-order chi connectivity index (χ0) is 11.5. The normalized spacial score (nSPS) is 15.4. The first-order valence-corrected chi connectivity index (χ1v) is 6.34. The number of Topliss-reactive ketones (excluding diaryl/α,β-unsaturated/α-hetero) is 1. The Bertz CT molecular complexity index is 377. The van der Waals surface area contributed by atoms with Crippen molar-refractivity contribution in [2.45, 2.75) is 52.5 Å². The predicted molar refractivity (Wildman–Crippen MR) is 63.6 cm³/mol. The summed E-state index contributed by atoms with van der Waals surface area (Å²) < 4.78 is 1.84. The average Bonchev–Trinajstić information content (AvgIpc) is 3.03. The van der Waals surface area contributed by atoms with E-state index in [2.05, 4.69) is 12.0 Å². The van der Waals surface area contributed by atoms with Gasteiger partial charge >= 0.3 is 0 Å². The molecular formula is C13H20N2O. The van der Waals surface area contributed by atoms with Gasteiger partial charge < -0.3 is 0 Å². The minimum absolute atomic E-state index is 0.265. The lowest BCUT2D eigenvalue weighted by atomic mass is 10.1. The summed E-state index contributed by atoms with van der Waals surface area (Å²) in [5.74, 6) is 1.09. The minimum atomic E-state index is 0.265. The van der Waals surface area contributed by atoms with Crippen molar-refractivity contribution in [3.63, 3.8) is 0 Å². The molecule has 88 valence electrons. The van der Waals surface area contributed by atoms with Gasteiger partial charge in [0.25, 0.3) is 0 Å². The molecule has 1 saturated carbocycles. The number of ketones is 1. The first-order chi connectivity index (χ1) is 7.74. The van der Waals surface area contributed by atoms with Gasteiger partial charge in [-0.05, 0) is 31.7 Å². The molecule has 3 heteroatoms. The number of carbonyl (C=O) groups is 1. The average molecular weight is 220 g/mol. The number of carbonyl (C=O) groups excluding carboxylic acids is 1. The Morgan fingerprint density at radius 3 is 2.81 bits per heavy atom. The third kappa shape index (κ3) is 2.52. The highest BCUT2D eigenvalue weighted by atomic mass is 16.1. The van der Waals surface area contributed by atoms with Gasteiger partial charge in [0, 0.05) is 13.0 Å². The first kappa shape index (κ1) is 11.4. The number of aromatic nitrogens is 2. The Balaban J connectivity index is 2.04. The quantitative estimate of drug-likeness (QED) is 0.691. The van der Waals surface area contributed by atoms with Gasteiger partial charge in [-0.25, -0.2) is 0 Å². The highest BCUT2D eigenvalue weighted by molar-refractivity contribution is 5.94. The molecule has 1 fully saturated rings. The van der Waals surface area contributed by atoms with Crippen molar-refractivity contribution in [1.82, 2.24) is 9.78 Å². The summed E-state index contributed by atoms with van der Waals surface area (Å²) in [6, 6.07) is 1.96. The van der Waals surface area contributed by atoms with Crippen molar-refractivity contribution in [2.24, 2.45) is 5.92 Å².